The Morgan fingerprint density at radius 3 is 2.49 bits per heavy atom. The quantitative estimate of drug-likeness (QED) is 0.392. The Kier molecular flexibility index (Phi) is 7.38. The number of piperazine rings is 1. The van der Waals surface area contributed by atoms with Crippen LogP contribution in [0.4, 0.5) is 10.5 Å². The summed E-state index contributed by atoms with van der Waals surface area (Å²) in [6.45, 7) is 10.2. The summed E-state index contributed by atoms with van der Waals surface area (Å²) in [4.78, 5) is 41.9. The normalized spacial score (nSPS) is 14.5. The number of hydrogen-bond donors (Lipinski definition) is 2. The van der Waals surface area contributed by atoms with E-state index in [1.54, 1.807) is 43.8 Å². The zero-order chi connectivity index (χ0) is 27.6. The van der Waals surface area contributed by atoms with Crippen molar-refractivity contribution in [3.63, 3.8) is 0 Å². The van der Waals surface area contributed by atoms with Gasteiger partial charge >= 0.3 is 6.09 Å². The molecule has 39 heavy (non-hydrogen) atoms. The number of carbonyl (C=O) groups excluding carboxylic acids is 1. The molecule has 10 nitrogen and oxygen atoms in total. The van der Waals surface area contributed by atoms with Crippen LogP contribution in [0.3, 0.4) is 0 Å². The summed E-state index contributed by atoms with van der Waals surface area (Å²) >= 11 is 0. The van der Waals surface area contributed by atoms with Crippen LogP contribution in [0.5, 0.6) is 0 Å². The Morgan fingerprint density at radius 2 is 1.77 bits per heavy atom. The third-order valence-electron chi connectivity index (χ3n) is 6.73. The van der Waals surface area contributed by atoms with E-state index >= 15 is 0 Å². The molecule has 5 rings (SSSR count). The summed E-state index contributed by atoms with van der Waals surface area (Å²) in [5.41, 5.74) is 5.33. The van der Waals surface area contributed by atoms with Crippen molar-refractivity contribution < 1.29 is 9.53 Å². The van der Waals surface area contributed by atoms with Crippen molar-refractivity contribution >= 4 is 22.9 Å². The molecule has 3 aromatic heterocycles. The molecule has 0 aliphatic carbocycles. The van der Waals surface area contributed by atoms with Crippen molar-refractivity contribution in [3.05, 3.63) is 65.3 Å². The van der Waals surface area contributed by atoms with Crippen molar-refractivity contribution in [1.82, 2.24) is 29.7 Å². The number of carbonyl (C=O) groups is 1. The van der Waals surface area contributed by atoms with Crippen LogP contribution in [0.2, 0.25) is 0 Å². The molecule has 1 aliphatic heterocycles. The highest BCUT2D eigenvalue weighted by Gasteiger charge is 2.17. The fraction of sp³-hybridized carbons (Fsp3) is 0.379. The van der Waals surface area contributed by atoms with E-state index in [1.165, 1.54) is 11.8 Å². The summed E-state index contributed by atoms with van der Waals surface area (Å²) < 4.78 is 6.83. The lowest BCUT2D eigenvalue weighted by molar-refractivity contribution is 0.0526. The highest BCUT2D eigenvalue weighted by Crippen LogP contribution is 2.29. The molecule has 1 saturated heterocycles. The number of benzene rings is 1. The Hall–Kier alpha value is -4.18. The molecule has 2 N–H and O–H groups in total. The Bertz CT molecular complexity index is 1510. The number of alkyl carbamates (subject to hydrolysis) is 1. The number of H-pyrrole nitrogens is 1. The number of ether oxygens (including phenoxy) is 1. The molecule has 1 aromatic carbocycles. The number of likely N-dealkylation sites (N-methyl/N-ethyl adjacent to an activating group) is 1. The van der Waals surface area contributed by atoms with Gasteiger partial charge in [0.1, 0.15) is 11.1 Å². The fourth-order valence-corrected chi connectivity index (χ4v) is 4.62. The largest absolute Gasteiger partial charge is 0.444 e. The lowest BCUT2D eigenvalue weighted by atomic mass is 10.1. The molecule has 10 heteroatoms. The van der Waals surface area contributed by atoms with Crippen LogP contribution in [-0.2, 0) is 11.3 Å². The molecule has 1 amide bonds. The average molecular weight is 530 g/mol. The van der Waals surface area contributed by atoms with E-state index in [2.05, 4.69) is 56.4 Å². The average Bonchev–Trinajstić information content (AvgIpc) is 3.33. The highest BCUT2D eigenvalue weighted by molar-refractivity contribution is 5.91. The van der Waals surface area contributed by atoms with E-state index in [-0.39, 0.29) is 12.1 Å². The summed E-state index contributed by atoms with van der Waals surface area (Å²) in [6.07, 6.45) is 4.90. The molecule has 0 radical (unpaired) electrons. The van der Waals surface area contributed by atoms with Crippen molar-refractivity contribution in [1.29, 1.82) is 0 Å². The fourth-order valence-electron chi connectivity index (χ4n) is 4.62. The van der Waals surface area contributed by atoms with Crippen LogP contribution < -0.4 is 15.8 Å². The number of pyridine rings is 1. The maximum absolute atomic E-state index is 12.5. The summed E-state index contributed by atoms with van der Waals surface area (Å²) in [6, 6.07) is 11.8. The Morgan fingerprint density at radius 1 is 1.05 bits per heavy atom. The number of aromatic amines is 1. The van der Waals surface area contributed by atoms with Crippen LogP contribution in [0.25, 0.3) is 33.5 Å². The van der Waals surface area contributed by atoms with E-state index in [0.29, 0.717) is 12.2 Å². The second-order valence-corrected chi connectivity index (χ2v) is 10.9. The second-order valence-electron chi connectivity index (χ2n) is 10.9. The van der Waals surface area contributed by atoms with Gasteiger partial charge in [-0.15, -0.1) is 0 Å². The Labute approximate surface area is 227 Å². The van der Waals surface area contributed by atoms with Crippen molar-refractivity contribution in [2.45, 2.75) is 32.9 Å². The topological polar surface area (TPSA) is 108 Å². The number of hydrogen-bond acceptors (Lipinski definition) is 7. The predicted molar refractivity (Wildman–Crippen MR) is 153 cm³/mol. The number of aromatic nitrogens is 4. The number of fused-ring (bicyclic) bond motifs is 1. The first-order valence-corrected chi connectivity index (χ1v) is 13.2. The zero-order valence-corrected chi connectivity index (χ0v) is 22.9. The monoisotopic (exact) mass is 529 g/mol. The summed E-state index contributed by atoms with van der Waals surface area (Å²) in [5, 5.41) is 2.70. The summed E-state index contributed by atoms with van der Waals surface area (Å²) in [7, 11) is 2.16. The predicted octanol–water partition coefficient (Wildman–Crippen LogP) is 3.73. The molecule has 0 bridgehead atoms. The molecule has 204 valence electrons. The van der Waals surface area contributed by atoms with Gasteiger partial charge in [-0.25, -0.2) is 14.8 Å². The van der Waals surface area contributed by atoms with E-state index in [0.717, 1.165) is 54.1 Å². The minimum absolute atomic E-state index is 0.156. The van der Waals surface area contributed by atoms with Crippen LogP contribution in [0.15, 0.2) is 59.8 Å². The van der Waals surface area contributed by atoms with Gasteiger partial charge in [0.25, 0.3) is 5.56 Å². The standard InChI is InChI=1S/C29H35N7O3/c1-29(2,3)39-28(38)30-11-12-36-19-21(7-10-25(36)37)23-17-31-27-26(23)33-24(18-32-27)20-5-8-22(9-6-20)35-15-13-34(4)14-16-35/h5-10,17-19H,11-16H2,1-4H3,(H,30,38)(H,31,32). The van der Waals surface area contributed by atoms with Gasteiger partial charge in [-0.3, -0.25) is 4.79 Å². The molecule has 1 fully saturated rings. The minimum atomic E-state index is -0.581. The van der Waals surface area contributed by atoms with Crippen LogP contribution in [0.1, 0.15) is 20.8 Å². The van der Waals surface area contributed by atoms with E-state index in [9.17, 15) is 9.59 Å². The number of anilines is 1. The number of rotatable bonds is 6. The zero-order valence-electron chi connectivity index (χ0n) is 22.9. The van der Waals surface area contributed by atoms with Gasteiger partial charge in [-0.1, -0.05) is 12.1 Å². The van der Waals surface area contributed by atoms with Crippen molar-refractivity contribution in [2.24, 2.45) is 0 Å². The maximum atomic E-state index is 12.5. The molecule has 0 atom stereocenters. The van der Waals surface area contributed by atoms with E-state index in [1.807, 2.05) is 6.20 Å². The second kappa shape index (κ2) is 10.9. The van der Waals surface area contributed by atoms with Crippen molar-refractivity contribution in [3.8, 4) is 22.4 Å². The van der Waals surface area contributed by atoms with E-state index in [4.69, 9.17) is 9.72 Å². The lowest BCUT2D eigenvalue weighted by Crippen LogP contribution is -2.44. The highest BCUT2D eigenvalue weighted by atomic mass is 16.6. The molecule has 0 unspecified atom stereocenters. The molecule has 0 spiro atoms. The van der Waals surface area contributed by atoms with Crippen LogP contribution in [0, 0.1) is 0 Å². The number of amides is 1. The first kappa shape index (κ1) is 26.4. The minimum Gasteiger partial charge on any atom is -0.444 e. The Balaban J connectivity index is 1.34. The van der Waals surface area contributed by atoms with Gasteiger partial charge in [-0.05, 0) is 46.0 Å². The SMILES string of the molecule is CN1CCN(c2ccc(-c3cnc4[nH]cc(-c5ccc(=O)n(CCNC(=O)OC(C)(C)C)c5)c4n3)cc2)CC1. The molecule has 4 aromatic rings. The molecule has 1 aliphatic rings. The van der Waals surface area contributed by atoms with Gasteiger partial charge in [0.05, 0.1) is 11.9 Å². The maximum Gasteiger partial charge on any atom is 0.407 e. The van der Waals surface area contributed by atoms with Gasteiger partial charge in [-0.2, -0.15) is 0 Å². The first-order chi connectivity index (χ1) is 18.7. The molecular weight excluding hydrogens is 494 g/mol. The van der Waals surface area contributed by atoms with Crippen LogP contribution >= 0.6 is 0 Å². The first-order valence-electron chi connectivity index (χ1n) is 13.2. The molecule has 0 saturated carbocycles. The van der Waals surface area contributed by atoms with Gasteiger partial charge in [0.2, 0.25) is 0 Å². The van der Waals surface area contributed by atoms with Gasteiger partial charge in [0.15, 0.2) is 5.65 Å². The number of nitrogens with one attached hydrogen (secondary N) is 2. The molecular formula is C29H35N7O3. The third-order valence-corrected chi connectivity index (χ3v) is 6.73. The van der Waals surface area contributed by atoms with Crippen molar-refractivity contribution in [2.75, 3.05) is 44.7 Å². The van der Waals surface area contributed by atoms with E-state index < -0.39 is 11.7 Å². The smallest absolute Gasteiger partial charge is 0.407 e. The molecule has 4 heterocycles. The summed E-state index contributed by atoms with van der Waals surface area (Å²) in [5.74, 6) is 0. The van der Waals surface area contributed by atoms with Crippen LogP contribution in [-0.4, -0.2) is 75.9 Å². The van der Waals surface area contributed by atoms with Gasteiger partial charge in [0, 0.05) is 80.1 Å². The lowest BCUT2D eigenvalue weighted by Gasteiger charge is -2.34. The van der Waals surface area contributed by atoms with Gasteiger partial charge < -0.3 is 29.4 Å². The third kappa shape index (κ3) is 6.28. The number of nitrogens with zero attached hydrogens (tertiary/aromatic N) is 5.